The lowest BCUT2D eigenvalue weighted by Crippen LogP contribution is -2.24. The van der Waals surface area contributed by atoms with Gasteiger partial charge in [-0.15, -0.1) is 0 Å². The largest absolute Gasteiger partial charge is 0.469 e. The molecule has 0 bridgehead atoms. The van der Waals surface area contributed by atoms with Gasteiger partial charge in [0.1, 0.15) is 0 Å². The Morgan fingerprint density at radius 1 is 1.03 bits per heavy atom. The Labute approximate surface area is 194 Å². The first kappa shape index (κ1) is 26.1. The summed E-state index contributed by atoms with van der Waals surface area (Å²) in [5.74, 6) is -0.485. The molecule has 0 saturated carbocycles. The smallest absolute Gasteiger partial charge is 0.311 e. The Morgan fingerprint density at radius 2 is 1.72 bits per heavy atom. The molecule has 0 amide bonds. The van der Waals surface area contributed by atoms with Gasteiger partial charge in [0.2, 0.25) is 0 Å². The number of hydrogen-bond donors (Lipinski definition) is 0. The van der Waals surface area contributed by atoms with E-state index in [1.54, 1.807) is 0 Å². The first-order valence-electron chi connectivity index (χ1n) is 11.7. The van der Waals surface area contributed by atoms with Crippen LogP contribution in [0, 0.1) is 5.92 Å². The van der Waals surface area contributed by atoms with Crippen LogP contribution in [-0.2, 0) is 25.6 Å². The number of esters is 1. The molecule has 4 nitrogen and oxygen atoms in total. The highest BCUT2D eigenvalue weighted by atomic mass is 16.6. The molecule has 0 radical (unpaired) electrons. The van der Waals surface area contributed by atoms with E-state index in [4.69, 9.17) is 14.2 Å². The number of methoxy groups -OCH3 is 1. The van der Waals surface area contributed by atoms with Gasteiger partial charge in [-0.3, -0.25) is 4.79 Å². The van der Waals surface area contributed by atoms with Gasteiger partial charge in [0.25, 0.3) is 0 Å². The SMILES string of the molecule is COC(=O)[C@H]1C[C@H](COCc2ccccc2)O[C@@H]1/C=C(\C)CC/C=C(\C)CCC=C(C)C. The van der Waals surface area contributed by atoms with E-state index < -0.39 is 0 Å². The fourth-order valence-corrected chi connectivity index (χ4v) is 3.92. The van der Waals surface area contributed by atoms with Crippen LogP contribution in [0.1, 0.15) is 65.4 Å². The quantitative estimate of drug-likeness (QED) is 0.272. The third-order valence-corrected chi connectivity index (χ3v) is 5.75. The molecule has 2 rings (SSSR count). The van der Waals surface area contributed by atoms with Crippen LogP contribution in [0.4, 0.5) is 0 Å². The molecule has 4 heteroatoms. The van der Waals surface area contributed by atoms with Crippen LogP contribution in [0.3, 0.4) is 0 Å². The summed E-state index contributed by atoms with van der Waals surface area (Å²) in [4.78, 5) is 12.3. The molecule has 32 heavy (non-hydrogen) atoms. The lowest BCUT2D eigenvalue weighted by Gasteiger charge is -2.14. The lowest BCUT2D eigenvalue weighted by atomic mass is 9.97. The molecule has 1 saturated heterocycles. The highest BCUT2D eigenvalue weighted by Gasteiger charge is 2.39. The molecule has 0 aromatic heterocycles. The van der Waals surface area contributed by atoms with Crippen LogP contribution in [0.25, 0.3) is 0 Å². The standard InChI is InChI=1S/C28H40O4/c1-21(2)11-9-12-22(3)13-10-14-23(4)17-27-26(28(29)30-5)18-25(32-27)20-31-19-24-15-7-6-8-16-24/h6-8,11,13,15-17,25-27H,9-10,12,14,18-20H2,1-5H3/b22-13+,23-17+/t25-,26+,27-/m1/s1. The van der Waals surface area contributed by atoms with Gasteiger partial charge in [-0.2, -0.15) is 0 Å². The molecule has 0 spiro atoms. The van der Waals surface area contributed by atoms with Gasteiger partial charge < -0.3 is 14.2 Å². The van der Waals surface area contributed by atoms with Crippen molar-refractivity contribution in [3.63, 3.8) is 0 Å². The second kappa shape index (κ2) is 14.1. The van der Waals surface area contributed by atoms with Crippen LogP contribution >= 0.6 is 0 Å². The molecule has 176 valence electrons. The van der Waals surface area contributed by atoms with Crippen molar-refractivity contribution in [1.29, 1.82) is 0 Å². The average molecular weight is 441 g/mol. The number of ether oxygens (including phenoxy) is 3. The highest BCUT2D eigenvalue weighted by Crippen LogP contribution is 2.30. The first-order chi connectivity index (χ1) is 15.4. The molecule has 1 aromatic rings. The van der Waals surface area contributed by atoms with Crippen LogP contribution < -0.4 is 0 Å². The van der Waals surface area contributed by atoms with Gasteiger partial charge in [0.15, 0.2) is 0 Å². The van der Waals surface area contributed by atoms with E-state index in [2.05, 4.69) is 45.9 Å². The van der Waals surface area contributed by atoms with Crippen molar-refractivity contribution in [2.45, 2.75) is 78.6 Å². The molecule has 3 atom stereocenters. The van der Waals surface area contributed by atoms with Crippen LogP contribution in [0.2, 0.25) is 0 Å². The van der Waals surface area contributed by atoms with E-state index in [0.717, 1.165) is 31.2 Å². The molecular weight excluding hydrogens is 400 g/mol. The Balaban J connectivity index is 1.85. The zero-order chi connectivity index (χ0) is 23.3. The van der Waals surface area contributed by atoms with Gasteiger partial charge in [0.05, 0.1) is 38.4 Å². The van der Waals surface area contributed by atoms with Crippen LogP contribution in [-0.4, -0.2) is 31.9 Å². The van der Waals surface area contributed by atoms with Gasteiger partial charge >= 0.3 is 5.97 Å². The van der Waals surface area contributed by atoms with E-state index in [0.29, 0.717) is 19.6 Å². The van der Waals surface area contributed by atoms with Crippen molar-refractivity contribution in [2.75, 3.05) is 13.7 Å². The molecule has 1 fully saturated rings. The lowest BCUT2D eigenvalue weighted by molar-refractivity contribution is -0.146. The topological polar surface area (TPSA) is 44.8 Å². The maximum Gasteiger partial charge on any atom is 0.311 e. The predicted molar refractivity (Wildman–Crippen MR) is 130 cm³/mol. The predicted octanol–water partition coefficient (Wildman–Crippen LogP) is 6.57. The summed E-state index contributed by atoms with van der Waals surface area (Å²) in [5, 5.41) is 0. The molecule has 1 aliphatic heterocycles. The summed E-state index contributed by atoms with van der Waals surface area (Å²) in [7, 11) is 1.44. The van der Waals surface area contributed by atoms with Crippen molar-refractivity contribution >= 4 is 5.97 Å². The molecule has 0 N–H and O–H groups in total. The molecule has 1 aromatic carbocycles. The Bertz CT molecular complexity index is 787. The number of carbonyl (C=O) groups excluding carboxylic acids is 1. The summed E-state index contributed by atoms with van der Waals surface area (Å²) in [6.45, 7) is 9.61. The van der Waals surface area contributed by atoms with Gasteiger partial charge in [-0.1, -0.05) is 65.3 Å². The Hall–Kier alpha value is -2.17. The van der Waals surface area contributed by atoms with Crippen molar-refractivity contribution in [1.82, 2.24) is 0 Å². The third kappa shape index (κ3) is 9.54. The fourth-order valence-electron chi connectivity index (χ4n) is 3.92. The van der Waals surface area contributed by atoms with Crippen molar-refractivity contribution < 1.29 is 19.0 Å². The average Bonchev–Trinajstić information content (AvgIpc) is 3.16. The minimum absolute atomic E-state index is 0.103. The monoisotopic (exact) mass is 440 g/mol. The summed E-state index contributed by atoms with van der Waals surface area (Å²) < 4.78 is 17.1. The van der Waals surface area contributed by atoms with E-state index in [1.165, 1.54) is 23.8 Å². The molecule has 1 aliphatic rings. The zero-order valence-electron chi connectivity index (χ0n) is 20.4. The first-order valence-corrected chi connectivity index (χ1v) is 11.7. The van der Waals surface area contributed by atoms with E-state index in [1.807, 2.05) is 30.3 Å². The highest BCUT2D eigenvalue weighted by molar-refractivity contribution is 5.73. The second-order valence-corrected chi connectivity index (χ2v) is 9.01. The van der Waals surface area contributed by atoms with Crippen molar-refractivity contribution in [2.24, 2.45) is 5.92 Å². The number of rotatable bonds is 12. The number of hydrogen-bond acceptors (Lipinski definition) is 4. The number of allylic oxidation sites excluding steroid dienone is 5. The zero-order valence-corrected chi connectivity index (χ0v) is 20.4. The van der Waals surface area contributed by atoms with E-state index in [-0.39, 0.29) is 24.1 Å². The Kier molecular flexibility index (Phi) is 11.5. The molecular formula is C28H40O4. The van der Waals surface area contributed by atoms with Crippen LogP contribution in [0.15, 0.2) is 65.3 Å². The Morgan fingerprint density at radius 3 is 2.41 bits per heavy atom. The van der Waals surface area contributed by atoms with E-state index >= 15 is 0 Å². The minimum Gasteiger partial charge on any atom is -0.469 e. The maximum atomic E-state index is 12.3. The van der Waals surface area contributed by atoms with Gasteiger partial charge in [-0.25, -0.2) is 0 Å². The second-order valence-electron chi connectivity index (χ2n) is 9.01. The van der Waals surface area contributed by atoms with E-state index in [9.17, 15) is 4.79 Å². The fraction of sp³-hybridized carbons (Fsp3) is 0.536. The van der Waals surface area contributed by atoms with Crippen molar-refractivity contribution in [3.05, 3.63) is 70.8 Å². The van der Waals surface area contributed by atoms with Crippen molar-refractivity contribution in [3.8, 4) is 0 Å². The normalized spacial score (nSPS) is 21.5. The maximum absolute atomic E-state index is 12.3. The number of carbonyl (C=O) groups is 1. The van der Waals surface area contributed by atoms with Gasteiger partial charge in [-0.05, 0) is 65.4 Å². The van der Waals surface area contributed by atoms with Crippen LogP contribution in [0.5, 0.6) is 0 Å². The number of benzene rings is 1. The summed E-state index contributed by atoms with van der Waals surface area (Å²) >= 11 is 0. The minimum atomic E-state index is -0.276. The van der Waals surface area contributed by atoms with Gasteiger partial charge in [0, 0.05) is 0 Å². The molecule has 0 unspecified atom stereocenters. The summed E-state index contributed by atoms with van der Waals surface area (Å²) in [6, 6.07) is 10.1. The molecule has 1 heterocycles. The molecule has 0 aliphatic carbocycles. The summed E-state index contributed by atoms with van der Waals surface area (Å²) in [6.07, 6.45) is 11.1. The summed E-state index contributed by atoms with van der Waals surface area (Å²) in [5.41, 5.74) is 5.17. The third-order valence-electron chi connectivity index (χ3n) is 5.75.